The molecule has 0 bridgehead atoms. The minimum atomic E-state index is -0.256. The first kappa shape index (κ1) is 12.0. The summed E-state index contributed by atoms with van der Waals surface area (Å²) in [5, 5.41) is 2.71. The minimum Gasteiger partial charge on any atom is -0.325 e. The van der Waals surface area contributed by atoms with Crippen molar-refractivity contribution in [1.82, 2.24) is 9.55 Å². The van der Waals surface area contributed by atoms with Gasteiger partial charge in [0.1, 0.15) is 6.54 Å². The SMILES string of the molecule is Cc1cc(=O)n(CC(=O)Nc2ccccc2)cn1. The van der Waals surface area contributed by atoms with Crippen LogP contribution in [0.3, 0.4) is 0 Å². The van der Waals surface area contributed by atoms with Crippen LogP contribution in [0.1, 0.15) is 5.69 Å². The van der Waals surface area contributed by atoms with Crippen LogP contribution >= 0.6 is 0 Å². The number of aryl methyl sites for hydroxylation is 1. The lowest BCUT2D eigenvalue weighted by Crippen LogP contribution is -2.27. The molecule has 1 aromatic carbocycles. The van der Waals surface area contributed by atoms with Crippen LogP contribution in [0.25, 0.3) is 0 Å². The summed E-state index contributed by atoms with van der Waals surface area (Å²) in [6, 6.07) is 10.5. The van der Waals surface area contributed by atoms with Crippen LogP contribution in [-0.2, 0) is 11.3 Å². The average Bonchev–Trinajstić information content (AvgIpc) is 2.34. The third-order valence-electron chi connectivity index (χ3n) is 2.39. The van der Waals surface area contributed by atoms with Gasteiger partial charge in [-0.1, -0.05) is 18.2 Å². The number of nitrogens with one attached hydrogen (secondary N) is 1. The molecular formula is C13H13N3O2. The Bertz CT molecular complexity index is 605. The lowest BCUT2D eigenvalue weighted by Gasteiger charge is -2.06. The highest BCUT2D eigenvalue weighted by molar-refractivity contribution is 5.90. The largest absolute Gasteiger partial charge is 0.325 e. The molecule has 1 heterocycles. The molecule has 5 nitrogen and oxygen atoms in total. The number of rotatable bonds is 3. The van der Waals surface area contributed by atoms with Crippen LogP contribution < -0.4 is 10.9 Å². The Hall–Kier alpha value is -2.43. The maximum atomic E-state index is 11.7. The van der Waals surface area contributed by atoms with E-state index in [1.807, 2.05) is 18.2 Å². The summed E-state index contributed by atoms with van der Waals surface area (Å²) in [4.78, 5) is 27.3. The highest BCUT2D eigenvalue weighted by Gasteiger charge is 2.05. The van der Waals surface area contributed by atoms with E-state index in [-0.39, 0.29) is 18.0 Å². The van der Waals surface area contributed by atoms with E-state index in [1.165, 1.54) is 17.0 Å². The van der Waals surface area contributed by atoms with E-state index >= 15 is 0 Å². The average molecular weight is 243 g/mol. The number of nitrogens with zero attached hydrogens (tertiary/aromatic N) is 2. The number of hydrogen-bond acceptors (Lipinski definition) is 3. The third-order valence-corrected chi connectivity index (χ3v) is 2.39. The number of aromatic nitrogens is 2. The van der Waals surface area contributed by atoms with Gasteiger partial charge >= 0.3 is 0 Å². The molecule has 1 aromatic heterocycles. The Morgan fingerprint density at radius 2 is 2.06 bits per heavy atom. The molecule has 0 aliphatic rings. The number of para-hydroxylation sites is 1. The van der Waals surface area contributed by atoms with Crippen LogP contribution in [0.5, 0.6) is 0 Å². The molecule has 0 aliphatic heterocycles. The second kappa shape index (κ2) is 5.27. The fourth-order valence-electron chi connectivity index (χ4n) is 1.51. The van der Waals surface area contributed by atoms with Crippen LogP contribution in [0.15, 0.2) is 47.5 Å². The predicted molar refractivity (Wildman–Crippen MR) is 68.3 cm³/mol. The number of hydrogen-bond donors (Lipinski definition) is 1. The summed E-state index contributed by atoms with van der Waals surface area (Å²) in [6.07, 6.45) is 1.38. The Kier molecular flexibility index (Phi) is 3.52. The summed E-state index contributed by atoms with van der Waals surface area (Å²) in [5.74, 6) is -0.256. The summed E-state index contributed by atoms with van der Waals surface area (Å²) < 4.78 is 1.27. The van der Waals surface area contributed by atoms with Crippen molar-refractivity contribution >= 4 is 11.6 Å². The summed E-state index contributed by atoms with van der Waals surface area (Å²) >= 11 is 0. The summed E-state index contributed by atoms with van der Waals surface area (Å²) in [5.41, 5.74) is 1.11. The standard InChI is InChI=1S/C13H13N3O2/c1-10-7-13(18)16(9-14-10)8-12(17)15-11-5-3-2-4-6-11/h2-7,9H,8H2,1H3,(H,15,17). The molecule has 18 heavy (non-hydrogen) atoms. The van der Waals surface area contributed by atoms with E-state index in [2.05, 4.69) is 10.3 Å². The number of anilines is 1. The quantitative estimate of drug-likeness (QED) is 0.880. The highest BCUT2D eigenvalue weighted by atomic mass is 16.2. The molecule has 2 rings (SSSR count). The monoisotopic (exact) mass is 243 g/mol. The van der Waals surface area contributed by atoms with Crippen molar-refractivity contribution in [2.45, 2.75) is 13.5 Å². The molecule has 92 valence electrons. The van der Waals surface area contributed by atoms with Crippen LogP contribution in [0.2, 0.25) is 0 Å². The first-order valence-electron chi connectivity index (χ1n) is 5.53. The van der Waals surface area contributed by atoms with Gasteiger partial charge in [-0.15, -0.1) is 0 Å². The summed E-state index contributed by atoms with van der Waals surface area (Å²) in [6.45, 7) is 1.69. The molecule has 0 atom stereocenters. The van der Waals surface area contributed by atoms with Crippen molar-refractivity contribution in [3.8, 4) is 0 Å². The summed E-state index contributed by atoms with van der Waals surface area (Å²) in [7, 11) is 0. The molecule has 2 aromatic rings. The molecule has 5 heteroatoms. The molecule has 0 spiro atoms. The van der Waals surface area contributed by atoms with Crippen LogP contribution in [0.4, 0.5) is 5.69 Å². The van der Waals surface area contributed by atoms with Gasteiger partial charge in [-0.25, -0.2) is 4.98 Å². The van der Waals surface area contributed by atoms with Gasteiger partial charge in [-0.2, -0.15) is 0 Å². The third kappa shape index (κ3) is 3.04. The van der Waals surface area contributed by atoms with E-state index < -0.39 is 0 Å². The van der Waals surface area contributed by atoms with Gasteiger partial charge in [0.25, 0.3) is 5.56 Å². The zero-order valence-corrected chi connectivity index (χ0v) is 9.96. The van der Waals surface area contributed by atoms with Crippen molar-refractivity contribution in [3.05, 3.63) is 58.8 Å². The van der Waals surface area contributed by atoms with Crippen molar-refractivity contribution in [2.75, 3.05) is 5.32 Å². The molecule has 0 unspecified atom stereocenters. The maximum Gasteiger partial charge on any atom is 0.253 e. The van der Waals surface area contributed by atoms with Gasteiger partial charge in [-0.3, -0.25) is 14.2 Å². The fraction of sp³-hybridized carbons (Fsp3) is 0.154. The molecule has 1 amide bonds. The molecular weight excluding hydrogens is 230 g/mol. The Morgan fingerprint density at radius 3 is 2.72 bits per heavy atom. The lowest BCUT2D eigenvalue weighted by molar-refractivity contribution is -0.116. The fourth-order valence-corrected chi connectivity index (χ4v) is 1.51. The zero-order valence-electron chi connectivity index (χ0n) is 9.96. The molecule has 0 saturated heterocycles. The van der Waals surface area contributed by atoms with Crippen molar-refractivity contribution < 1.29 is 4.79 Å². The number of amides is 1. The Labute approximate surface area is 104 Å². The normalized spacial score (nSPS) is 10.1. The van der Waals surface area contributed by atoms with Crippen molar-refractivity contribution in [2.24, 2.45) is 0 Å². The van der Waals surface area contributed by atoms with Crippen molar-refractivity contribution in [3.63, 3.8) is 0 Å². The number of carbonyl (C=O) groups is 1. The van der Waals surface area contributed by atoms with Gasteiger partial charge in [0.15, 0.2) is 0 Å². The van der Waals surface area contributed by atoms with Gasteiger partial charge < -0.3 is 5.32 Å². The van der Waals surface area contributed by atoms with E-state index in [0.717, 1.165) is 0 Å². The van der Waals surface area contributed by atoms with Gasteiger partial charge in [0, 0.05) is 17.4 Å². The molecule has 0 radical (unpaired) electrons. The molecule has 0 saturated carbocycles. The predicted octanol–water partition coefficient (Wildman–Crippen LogP) is 1.19. The Morgan fingerprint density at radius 1 is 1.33 bits per heavy atom. The van der Waals surface area contributed by atoms with Gasteiger partial charge in [0.05, 0.1) is 6.33 Å². The van der Waals surface area contributed by atoms with Crippen molar-refractivity contribution in [1.29, 1.82) is 0 Å². The molecule has 0 fully saturated rings. The minimum absolute atomic E-state index is 0.0407. The van der Waals surface area contributed by atoms with E-state index in [4.69, 9.17) is 0 Å². The number of carbonyl (C=O) groups excluding carboxylic acids is 1. The molecule has 1 N–H and O–H groups in total. The lowest BCUT2D eigenvalue weighted by atomic mass is 10.3. The van der Waals surface area contributed by atoms with E-state index in [1.54, 1.807) is 19.1 Å². The van der Waals surface area contributed by atoms with Crippen LogP contribution in [-0.4, -0.2) is 15.5 Å². The maximum absolute atomic E-state index is 11.7. The first-order chi connectivity index (χ1) is 8.65. The number of benzene rings is 1. The smallest absolute Gasteiger partial charge is 0.253 e. The van der Waals surface area contributed by atoms with Gasteiger partial charge in [-0.05, 0) is 19.1 Å². The highest BCUT2D eigenvalue weighted by Crippen LogP contribution is 2.04. The molecule has 0 aliphatic carbocycles. The van der Waals surface area contributed by atoms with Gasteiger partial charge in [0.2, 0.25) is 5.91 Å². The van der Waals surface area contributed by atoms with Crippen LogP contribution in [0, 0.1) is 6.92 Å². The van der Waals surface area contributed by atoms with E-state index in [0.29, 0.717) is 11.4 Å². The second-order valence-electron chi connectivity index (χ2n) is 3.91. The topological polar surface area (TPSA) is 64.0 Å². The van der Waals surface area contributed by atoms with E-state index in [9.17, 15) is 9.59 Å². The Balaban J connectivity index is 2.06. The first-order valence-corrected chi connectivity index (χ1v) is 5.53. The second-order valence-corrected chi connectivity index (χ2v) is 3.91. The zero-order chi connectivity index (χ0) is 13.0.